The van der Waals surface area contributed by atoms with Crippen molar-refractivity contribution in [2.45, 2.75) is 19.8 Å². The van der Waals surface area contributed by atoms with E-state index in [1.807, 2.05) is 29.2 Å². The predicted molar refractivity (Wildman–Crippen MR) is 119 cm³/mol. The molecule has 0 radical (unpaired) electrons. The molecule has 0 saturated carbocycles. The van der Waals surface area contributed by atoms with E-state index in [0.29, 0.717) is 43.9 Å². The van der Waals surface area contributed by atoms with Gasteiger partial charge in [-0.1, -0.05) is 28.1 Å². The lowest BCUT2D eigenvalue weighted by atomic mass is 10.1. The molecule has 3 rings (SSSR count). The Bertz CT molecular complexity index is 915. The lowest BCUT2D eigenvalue weighted by molar-refractivity contribution is -0.130. The molecule has 1 heterocycles. The smallest absolute Gasteiger partial charge is 0.434 e. The number of benzene rings is 2. The van der Waals surface area contributed by atoms with Gasteiger partial charge in [-0.3, -0.25) is 9.59 Å². The highest BCUT2D eigenvalue weighted by Gasteiger charge is 2.23. The van der Waals surface area contributed by atoms with Crippen molar-refractivity contribution < 1.29 is 23.9 Å². The van der Waals surface area contributed by atoms with Gasteiger partial charge >= 0.3 is 6.16 Å². The first-order valence-electron chi connectivity index (χ1n) is 10.2. The highest BCUT2D eigenvalue weighted by atomic mass is 79.9. The van der Waals surface area contributed by atoms with Crippen LogP contribution in [0.1, 0.15) is 29.3 Å². The van der Waals surface area contributed by atoms with Crippen LogP contribution in [0.5, 0.6) is 5.75 Å². The van der Waals surface area contributed by atoms with Gasteiger partial charge in [0.25, 0.3) is 5.91 Å². The second-order valence-corrected chi connectivity index (χ2v) is 8.05. The largest absolute Gasteiger partial charge is 0.513 e. The first kappa shape index (κ1) is 22.8. The Hall–Kier alpha value is -2.87. The van der Waals surface area contributed by atoms with Crippen LogP contribution in [0.25, 0.3) is 0 Å². The van der Waals surface area contributed by atoms with Gasteiger partial charge in [-0.05, 0) is 55.3 Å². The lowest BCUT2D eigenvalue weighted by Crippen LogP contribution is -2.38. The zero-order valence-electron chi connectivity index (χ0n) is 17.4. The molecule has 31 heavy (non-hydrogen) atoms. The molecule has 0 spiro atoms. The molecule has 0 aromatic heterocycles. The summed E-state index contributed by atoms with van der Waals surface area (Å²) in [6.45, 7) is 4.12. The number of carbonyl (C=O) groups excluding carboxylic acids is 3. The van der Waals surface area contributed by atoms with E-state index in [-0.39, 0.29) is 18.4 Å². The zero-order chi connectivity index (χ0) is 22.2. The van der Waals surface area contributed by atoms with Gasteiger partial charge in [-0.15, -0.1) is 0 Å². The van der Waals surface area contributed by atoms with Gasteiger partial charge in [-0.25, -0.2) is 4.79 Å². The van der Waals surface area contributed by atoms with Crippen LogP contribution in [0.2, 0.25) is 0 Å². The molecule has 0 N–H and O–H groups in total. The Labute approximate surface area is 190 Å². The third-order valence-electron chi connectivity index (χ3n) is 4.97. The summed E-state index contributed by atoms with van der Waals surface area (Å²) in [7, 11) is 0. The number of carbonyl (C=O) groups is 3. The molecule has 7 nitrogen and oxygen atoms in total. The summed E-state index contributed by atoms with van der Waals surface area (Å²) in [5, 5.41) is 0. The van der Waals surface area contributed by atoms with Crippen molar-refractivity contribution in [2.24, 2.45) is 0 Å². The van der Waals surface area contributed by atoms with Crippen LogP contribution in [-0.4, -0.2) is 60.6 Å². The fourth-order valence-corrected chi connectivity index (χ4v) is 3.61. The standard InChI is InChI=1S/C23H25BrN2O5/c1-2-30-23(29)31-20-10-6-18(7-11-20)22(28)26-13-3-12-25(14-15-26)21(27)16-17-4-8-19(24)9-5-17/h4-11H,2-3,12-16H2,1H3. The summed E-state index contributed by atoms with van der Waals surface area (Å²) in [6, 6.07) is 14.1. The van der Waals surface area contributed by atoms with Crippen molar-refractivity contribution >= 4 is 33.9 Å². The van der Waals surface area contributed by atoms with Gasteiger partial charge < -0.3 is 19.3 Å². The molecule has 164 valence electrons. The summed E-state index contributed by atoms with van der Waals surface area (Å²) in [6.07, 6.45) is 0.298. The number of nitrogens with zero attached hydrogens (tertiary/aromatic N) is 2. The topological polar surface area (TPSA) is 76.2 Å². The number of hydrogen-bond acceptors (Lipinski definition) is 5. The molecule has 1 saturated heterocycles. The maximum atomic E-state index is 12.9. The SMILES string of the molecule is CCOC(=O)Oc1ccc(C(=O)N2CCCN(C(=O)Cc3ccc(Br)cc3)CC2)cc1. The highest BCUT2D eigenvalue weighted by molar-refractivity contribution is 9.10. The van der Waals surface area contributed by atoms with Gasteiger partial charge in [0.05, 0.1) is 13.0 Å². The Balaban J connectivity index is 1.54. The van der Waals surface area contributed by atoms with Crippen LogP contribution in [0, 0.1) is 0 Å². The molecule has 2 amide bonds. The van der Waals surface area contributed by atoms with Crippen LogP contribution in [0.15, 0.2) is 53.0 Å². The summed E-state index contributed by atoms with van der Waals surface area (Å²) in [4.78, 5) is 40.5. The average Bonchev–Trinajstić information content (AvgIpc) is 3.02. The summed E-state index contributed by atoms with van der Waals surface area (Å²) >= 11 is 3.40. The first-order chi connectivity index (χ1) is 15.0. The predicted octanol–water partition coefficient (Wildman–Crippen LogP) is 3.90. The van der Waals surface area contributed by atoms with Crippen LogP contribution >= 0.6 is 15.9 Å². The third-order valence-corrected chi connectivity index (χ3v) is 5.50. The molecular formula is C23H25BrN2O5. The van der Waals surface area contributed by atoms with Crippen LogP contribution in [0.3, 0.4) is 0 Å². The van der Waals surface area contributed by atoms with E-state index in [0.717, 1.165) is 16.5 Å². The van der Waals surface area contributed by atoms with E-state index in [1.165, 1.54) is 0 Å². The van der Waals surface area contributed by atoms with Crippen molar-refractivity contribution in [3.8, 4) is 5.75 Å². The summed E-state index contributed by atoms with van der Waals surface area (Å²) < 4.78 is 10.7. The molecule has 2 aromatic carbocycles. The van der Waals surface area contributed by atoms with Gasteiger partial charge in [0.1, 0.15) is 5.75 Å². The quantitative estimate of drug-likeness (QED) is 0.471. The van der Waals surface area contributed by atoms with Crippen molar-refractivity contribution in [3.63, 3.8) is 0 Å². The highest BCUT2D eigenvalue weighted by Crippen LogP contribution is 2.16. The second kappa shape index (κ2) is 10.9. The Morgan fingerprint density at radius 1 is 0.903 bits per heavy atom. The number of halogens is 1. The van der Waals surface area contributed by atoms with Crippen LogP contribution in [0.4, 0.5) is 4.79 Å². The maximum absolute atomic E-state index is 12.9. The third kappa shape index (κ3) is 6.55. The van der Waals surface area contributed by atoms with Gasteiger partial charge in [0, 0.05) is 36.2 Å². The normalized spacial score (nSPS) is 14.0. The summed E-state index contributed by atoms with van der Waals surface area (Å²) in [5.74, 6) is 0.276. The number of rotatable bonds is 5. The van der Waals surface area contributed by atoms with Gasteiger partial charge in [-0.2, -0.15) is 0 Å². The maximum Gasteiger partial charge on any atom is 0.513 e. The minimum Gasteiger partial charge on any atom is -0.434 e. The van der Waals surface area contributed by atoms with Crippen molar-refractivity contribution in [1.82, 2.24) is 9.80 Å². The van der Waals surface area contributed by atoms with Crippen molar-refractivity contribution in [3.05, 3.63) is 64.1 Å². The Morgan fingerprint density at radius 3 is 2.23 bits per heavy atom. The van der Waals surface area contributed by atoms with E-state index < -0.39 is 6.16 Å². The molecule has 1 fully saturated rings. The van der Waals surface area contributed by atoms with Crippen molar-refractivity contribution in [1.29, 1.82) is 0 Å². The number of amides is 2. The Morgan fingerprint density at radius 2 is 1.55 bits per heavy atom. The van der Waals surface area contributed by atoms with Crippen LogP contribution < -0.4 is 4.74 Å². The molecule has 0 unspecified atom stereocenters. The van der Waals surface area contributed by atoms with E-state index >= 15 is 0 Å². The minimum absolute atomic E-state index is 0.0667. The Kier molecular flexibility index (Phi) is 8.06. The lowest BCUT2D eigenvalue weighted by Gasteiger charge is -2.22. The number of ether oxygens (including phenoxy) is 2. The van der Waals surface area contributed by atoms with E-state index in [1.54, 1.807) is 36.1 Å². The van der Waals surface area contributed by atoms with Crippen LogP contribution in [-0.2, 0) is 16.0 Å². The van der Waals surface area contributed by atoms with E-state index in [4.69, 9.17) is 9.47 Å². The molecule has 0 bridgehead atoms. The molecular weight excluding hydrogens is 464 g/mol. The number of hydrogen-bond donors (Lipinski definition) is 0. The first-order valence-corrected chi connectivity index (χ1v) is 11.0. The second-order valence-electron chi connectivity index (χ2n) is 7.14. The molecule has 1 aliphatic heterocycles. The monoisotopic (exact) mass is 488 g/mol. The minimum atomic E-state index is -0.776. The molecule has 2 aromatic rings. The average molecular weight is 489 g/mol. The molecule has 1 aliphatic rings. The fraction of sp³-hybridized carbons (Fsp3) is 0.348. The molecule has 0 aliphatic carbocycles. The van der Waals surface area contributed by atoms with Crippen molar-refractivity contribution in [2.75, 3.05) is 32.8 Å². The molecule has 0 atom stereocenters. The summed E-state index contributed by atoms with van der Waals surface area (Å²) in [5.41, 5.74) is 1.47. The van der Waals surface area contributed by atoms with Gasteiger partial charge in [0.15, 0.2) is 0 Å². The van der Waals surface area contributed by atoms with E-state index in [2.05, 4.69) is 15.9 Å². The van der Waals surface area contributed by atoms with Gasteiger partial charge in [0.2, 0.25) is 5.91 Å². The zero-order valence-corrected chi connectivity index (χ0v) is 19.0. The fourth-order valence-electron chi connectivity index (χ4n) is 3.35. The molecule has 8 heteroatoms. The van der Waals surface area contributed by atoms with E-state index in [9.17, 15) is 14.4 Å².